The summed E-state index contributed by atoms with van der Waals surface area (Å²) in [5.74, 6) is 0.260. The number of carbonyl (C=O) groups excluding carboxylic acids is 1. The summed E-state index contributed by atoms with van der Waals surface area (Å²) in [7, 11) is 0. The second-order valence-electron chi connectivity index (χ2n) is 7.55. The molecule has 0 bridgehead atoms. The Morgan fingerprint density at radius 2 is 2.07 bits per heavy atom. The Labute approximate surface area is 180 Å². The molecule has 0 fully saturated rings. The zero-order valence-corrected chi connectivity index (χ0v) is 18.1. The Morgan fingerprint density at radius 3 is 2.77 bits per heavy atom. The molecule has 6 nitrogen and oxygen atoms in total. The molecule has 0 aliphatic heterocycles. The van der Waals surface area contributed by atoms with Crippen molar-refractivity contribution in [2.75, 3.05) is 4.90 Å². The first kappa shape index (κ1) is 21.5. The zero-order chi connectivity index (χ0) is 21.7. The Kier molecular flexibility index (Phi) is 6.80. The van der Waals surface area contributed by atoms with Crippen LogP contribution in [0.25, 0.3) is 0 Å². The number of benzene rings is 1. The molecule has 2 aromatic heterocycles. The van der Waals surface area contributed by atoms with Gasteiger partial charge >= 0.3 is 0 Å². The Hall–Kier alpha value is -3.24. The second-order valence-corrected chi connectivity index (χ2v) is 8.62. The first-order valence-electron chi connectivity index (χ1n) is 9.78. The van der Waals surface area contributed by atoms with Gasteiger partial charge in [-0.1, -0.05) is 32.0 Å². The highest BCUT2D eigenvalue weighted by molar-refractivity contribution is 7.16. The van der Waals surface area contributed by atoms with Crippen molar-refractivity contribution in [2.24, 2.45) is 5.92 Å². The average molecular weight is 421 g/mol. The summed E-state index contributed by atoms with van der Waals surface area (Å²) in [4.78, 5) is 31.7. The zero-order valence-electron chi connectivity index (χ0n) is 17.3. The van der Waals surface area contributed by atoms with Crippen LogP contribution in [-0.2, 0) is 24.3 Å². The van der Waals surface area contributed by atoms with Crippen molar-refractivity contribution in [1.82, 2.24) is 9.55 Å². The summed E-state index contributed by atoms with van der Waals surface area (Å²) in [6.07, 6.45) is 2.45. The molecule has 3 aromatic rings. The number of hydrogen-bond acceptors (Lipinski definition) is 5. The van der Waals surface area contributed by atoms with Crippen molar-refractivity contribution in [2.45, 2.75) is 40.3 Å². The van der Waals surface area contributed by atoms with Crippen LogP contribution >= 0.6 is 11.3 Å². The van der Waals surface area contributed by atoms with E-state index >= 15 is 0 Å². The van der Waals surface area contributed by atoms with Crippen LogP contribution in [0.5, 0.6) is 0 Å². The van der Waals surface area contributed by atoms with E-state index in [0.29, 0.717) is 18.0 Å². The molecule has 2 heterocycles. The fraction of sp³-hybridized carbons (Fsp3) is 0.304. The SMILES string of the molecule is Cc1nc(CC(C)C)sc1N(Cc1cccc(C#N)c1)C(=O)Cn1ccccc1=O. The summed E-state index contributed by atoms with van der Waals surface area (Å²) in [6.45, 7) is 6.41. The number of aryl methyl sites for hydroxylation is 1. The number of amides is 1. The van der Waals surface area contributed by atoms with E-state index in [4.69, 9.17) is 0 Å². The summed E-state index contributed by atoms with van der Waals surface area (Å²) < 4.78 is 1.40. The number of nitriles is 1. The minimum Gasteiger partial charge on any atom is -0.306 e. The number of aromatic nitrogens is 2. The molecular weight excluding hydrogens is 396 g/mol. The van der Waals surface area contributed by atoms with Crippen LogP contribution in [0.2, 0.25) is 0 Å². The molecule has 7 heteroatoms. The van der Waals surface area contributed by atoms with Crippen LogP contribution in [-0.4, -0.2) is 15.5 Å². The molecule has 0 aliphatic rings. The maximum atomic E-state index is 13.3. The first-order chi connectivity index (χ1) is 14.4. The van der Waals surface area contributed by atoms with Crippen LogP contribution in [0.3, 0.4) is 0 Å². The smallest absolute Gasteiger partial charge is 0.250 e. The van der Waals surface area contributed by atoms with E-state index in [1.54, 1.807) is 35.4 Å². The molecule has 0 saturated heterocycles. The quantitative estimate of drug-likeness (QED) is 0.580. The molecular formula is C23H24N4O2S. The molecule has 0 aliphatic carbocycles. The normalized spacial score (nSPS) is 10.8. The number of carbonyl (C=O) groups is 1. The van der Waals surface area contributed by atoms with Crippen LogP contribution in [0.4, 0.5) is 5.00 Å². The van der Waals surface area contributed by atoms with Gasteiger partial charge in [0.05, 0.1) is 28.9 Å². The lowest BCUT2D eigenvalue weighted by molar-refractivity contribution is -0.119. The Morgan fingerprint density at radius 1 is 1.27 bits per heavy atom. The van der Waals surface area contributed by atoms with Gasteiger partial charge in [-0.15, -0.1) is 11.3 Å². The maximum Gasteiger partial charge on any atom is 0.250 e. The lowest BCUT2D eigenvalue weighted by atomic mass is 10.1. The van der Waals surface area contributed by atoms with E-state index in [1.807, 2.05) is 19.1 Å². The van der Waals surface area contributed by atoms with Crippen LogP contribution in [0.15, 0.2) is 53.5 Å². The molecule has 3 rings (SSSR count). The summed E-state index contributed by atoms with van der Waals surface area (Å²) in [5.41, 5.74) is 1.96. The van der Waals surface area contributed by atoms with Crippen LogP contribution in [0.1, 0.15) is 35.7 Å². The molecule has 0 radical (unpaired) electrons. The molecule has 0 saturated carbocycles. The summed E-state index contributed by atoms with van der Waals surface area (Å²) in [5, 5.41) is 11.0. The van der Waals surface area contributed by atoms with Gasteiger partial charge in [0, 0.05) is 18.7 Å². The largest absolute Gasteiger partial charge is 0.306 e. The third-order valence-corrected chi connectivity index (χ3v) is 5.75. The van der Waals surface area contributed by atoms with Crippen molar-refractivity contribution in [1.29, 1.82) is 5.26 Å². The minimum atomic E-state index is -0.223. The van der Waals surface area contributed by atoms with Gasteiger partial charge < -0.3 is 4.57 Å². The highest BCUT2D eigenvalue weighted by Gasteiger charge is 2.22. The molecule has 0 N–H and O–H groups in total. The van der Waals surface area contributed by atoms with Crippen LogP contribution < -0.4 is 10.5 Å². The summed E-state index contributed by atoms with van der Waals surface area (Å²) in [6, 6.07) is 14.2. The molecule has 0 unspecified atom stereocenters. The number of nitrogens with zero attached hydrogens (tertiary/aromatic N) is 4. The lowest BCUT2D eigenvalue weighted by Crippen LogP contribution is -2.35. The number of anilines is 1. The topological polar surface area (TPSA) is 79.0 Å². The van der Waals surface area contributed by atoms with Crippen molar-refractivity contribution in [3.8, 4) is 6.07 Å². The Balaban J connectivity index is 1.97. The number of hydrogen-bond donors (Lipinski definition) is 0. The monoisotopic (exact) mass is 420 g/mol. The van der Waals surface area contributed by atoms with E-state index in [1.165, 1.54) is 22.0 Å². The van der Waals surface area contributed by atoms with Crippen molar-refractivity contribution in [3.05, 3.63) is 80.8 Å². The predicted octanol–water partition coefficient (Wildman–Crippen LogP) is 3.92. The van der Waals surface area contributed by atoms with Crippen molar-refractivity contribution < 1.29 is 4.79 Å². The standard InChI is InChI=1S/C23H24N4O2S/c1-16(2)11-20-25-17(3)23(30-20)27(14-19-8-6-7-18(12-19)13-24)22(29)15-26-10-5-4-9-21(26)28/h4-10,12,16H,11,14-15H2,1-3H3. The predicted molar refractivity (Wildman–Crippen MR) is 118 cm³/mol. The Bertz CT molecular complexity index is 1140. The van der Waals surface area contributed by atoms with Gasteiger partial charge in [0.1, 0.15) is 11.5 Å². The number of rotatable bonds is 7. The van der Waals surface area contributed by atoms with E-state index in [0.717, 1.165) is 27.7 Å². The molecule has 1 amide bonds. The third kappa shape index (κ3) is 5.22. The van der Waals surface area contributed by atoms with Gasteiger partial charge in [0.2, 0.25) is 5.91 Å². The second kappa shape index (κ2) is 9.51. The molecule has 1 aromatic carbocycles. The maximum absolute atomic E-state index is 13.3. The van der Waals surface area contributed by atoms with Gasteiger partial charge in [-0.2, -0.15) is 5.26 Å². The average Bonchev–Trinajstić information content (AvgIpc) is 3.06. The van der Waals surface area contributed by atoms with Crippen molar-refractivity contribution >= 4 is 22.2 Å². The van der Waals surface area contributed by atoms with Gasteiger partial charge in [-0.25, -0.2) is 4.98 Å². The highest BCUT2D eigenvalue weighted by Crippen LogP contribution is 2.31. The fourth-order valence-corrected chi connectivity index (χ4v) is 4.44. The first-order valence-corrected chi connectivity index (χ1v) is 10.6. The van der Waals surface area contributed by atoms with E-state index in [2.05, 4.69) is 24.9 Å². The van der Waals surface area contributed by atoms with Gasteiger partial charge in [-0.3, -0.25) is 14.5 Å². The fourth-order valence-electron chi connectivity index (χ4n) is 3.15. The molecule has 30 heavy (non-hydrogen) atoms. The van der Waals surface area contributed by atoms with Gasteiger partial charge in [-0.05, 0) is 36.6 Å². The van der Waals surface area contributed by atoms with Crippen molar-refractivity contribution in [3.63, 3.8) is 0 Å². The highest BCUT2D eigenvalue weighted by atomic mass is 32.1. The van der Waals surface area contributed by atoms with Crippen LogP contribution in [0, 0.1) is 24.2 Å². The lowest BCUT2D eigenvalue weighted by Gasteiger charge is -2.22. The van der Waals surface area contributed by atoms with E-state index < -0.39 is 0 Å². The van der Waals surface area contributed by atoms with Gasteiger partial charge in [0.25, 0.3) is 5.56 Å². The number of thiazole rings is 1. The number of pyridine rings is 1. The van der Waals surface area contributed by atoms with Gasteiger partial charge in [0.15, 0.2) is 0 Å². The molecule has 0 atom stereocenters. The summed E-state index contributed by atoms with van der Waals surface area (Å²) >= 11 is 1.51. The third-order valence-electron chi connectivity index (χ3n) is 4.55. The molecule has 0 spiro atoms. The van der Waals surface area contributed by atoms with E-state index in [-0.39, 0.29) is 18.0 Å². The van der Waals surface area contributed by atoms with E-state index in [9.17, 15) is 14.9 Å². The molecule has 154 valence electrons. The minimum absolute atomic E-state index is 0.0610.